The van der Waals surface area contributed by atoms with Gasteiger partial charge in [0.1, 0.15) is 5.65 Å². The van der Waals surface area contributed by atoms with E-state index in [2.05, 4.69) is 4.98 Å². The monoisotopic (exact) mass is 176 g/mol. The Kier molecular flexibility index (Phi) is 2.02. The molecule has 68 valence electrons. The highest BCUT2D eigenvalue weighted by molar-refractivity contribution is 5.75. The van der Waals surface area contributed by atoms with Crippen molar-refractivity contribution in [1.29, 1.82) is 0 Å². The summed E-state index contributed by atoms with van der Waals surface area (Å²) in [5.41, 5.74) is 0.934. The molecule has 0 spiro atoms. The smallest absolute Gasteiger partial charge is 0.139 e. The minimum absolute atomic E-state index is 0.336. The van der Waals surface area contributed by atoms with Crippen LogP contribution >= 0.6 is 0 Å². The Morgan fingerprint density at radius 3 is 3.15 bits per heavy atom. The quantitative estimate of drug-likeness (QED) is 0.751. The van der Waals surface area contributed by atoms with Crippen LogP contribution in [0.3, 0.4) is 0 Å². The van der Waals surface area contributed by atoms with E-state index in [1.54, 1.807) is 13.1 Å². The maximum Gasteiger partial charge on any atom is 0.139 e. The Morgan fingerprint density at radius 1 is 1.54 bits per heavy atom. The molecule has 1 atom stereocenters. The molecule has 2 rings (SSSR count). The third kappa shape index (κ3) is 1.55. The molecule has 2 heterocycles. The van der Waals surface area contributed by atoms with Crippen molar-refractivity contribution < 1.29 is 5.11 Å². The van der Waals surface area contributed by atoms with Gasteiger partial charge in [-0.1, -0.05) is 0 Å². The second-order valence-electron chi connectivity index (χ2n) is 3.23. The van der Waals surface area contributed by atoms with Gasteiger partial charge < -0.3 is 9.67 Å². The lowest BCUT2D eigenvalue weighted by Gasteiger charge is -2.06. The van der Waals surface area contributed by atoms with Crippen LogP contribution < -0.4 is 0 Å². The van der Waals surface area contributed by atoms with E-state index < -0.39 is 0 Å². The maximum atomic E-state index is 9.24. The van der Waals surface area contributed by atoms with Crippen LogP contribution in [0.1, 0.15) is 6.92 Å². The van der Waals surface area contributed by atoms with E-state index in [1.165, 1.54) is 0 Å². The standard InChI is InChI=1S/C10H12N2O/c1-8(13)7-12-6-4-9-3-2-5-11-10(9)12/h2-6,8,13H,7H2,1H3. The zero-order valence-electron chi connectivity index (χ0n) is 7.51. The third-order valence-electron chi connectivity index (χ3n) is 1.98. The lowest BCUT2D eigenvalue weighted by Crippen LogP contribution is -2.10. The molecule has 0 saturated heterocycles. The van der Waals surface area contributed by atoms with Gasteiger partial charge in [0, 0.05) is 24.3 Å². The number of fused-ring (bicyclic) bond motifs is 1. The molecule has 0 aliphatic carbocycles. The normalized spacial score (nSPS) is 13.4. The van der Waals surface area contributed by atoms with Crippen LogP contribution in [0.4, 0.5) is 0 Å². The van der Waals surface area contributed by atoms with Crippen molar-refractivity contribution in [3.05, 3.63) is 30.6 Å². The first-order valence-corrected chi connectivity index (χ1v) is 4.35. The van der Waals surface area contributed by atoms with E-state index in [-0.39, 0.29) is 6.10 Å². The summed E-state index contributed by atoms with van der Waals surface area (Å²) in [6, 6.07) is 5.93. The molecule has 0 aliphatic rings. The fraction of sp³-hybridized carbons (Fsp3) is 0.300. The first kappa shape index (κ1) is 8.26. The second kappa shape index (κ2) is 3.18. The molecule has 13 heavy (non-hydrogen) atoms. The highest BCUT2D eigenvalue weighted by Gasteiger charge is 2.02. The maximum absolute atomic E-state index is 9.24. The predicted octanol–water partition coefficient (Wildman–Crippen LogP) is 1.42. The highest BCUT2D eigenvalue weighted by atomic mass is 16.3. The zero-order valence-corrected chi connectivity index (χ0v) is 7.51. The second-order valence-corrected chi connectivity index (χ2v) is 3.23. The molecule has 0 amide bonds. The lowest BCUT2D eigenvalue weighted by atomic mass is 10.3. The SMILES string of the molecule is CC(O)Cn1ccc2cccnc21. The molecule has 3 heteroatoms. The van der Waals surface area contributed by atoms with Gasteiger partial charge in [-0.05, 0) is 25.1 Å². The topological polar surface area (TPSA) is 38.0 Å². The molecule has 0 aromatic carbocycles. The van der Waals surface area contributed by atoms with Crippen LogP contribution in [-0.4, -0.2) is 20.8 Å². The van der Waals surface area contributed by atoms with Crippen LogP contribution in [0.15, 0.2) is 30.6 Å². The zero-order chi connectivity index (χ0) is 9.26. The van der Waals surface area contributed by atoms with Crippen molar-refractivity contribution in [3.63, 3.8) is 0 Å². The molecule has 2 aromatic rings. The first-order valence-electron chi connectivity index (χ1n) is 4.35. The van der Waals surface area contributed by atoms with Crippen molar-refractivity contribution in [2.45, 2.75) is 19.6 Å². The summed E-state index contributed by atoms with van der Waals surface area (Å²) in [5.74, 6) is 0. The van der Waals surface area contributed by atoms with Gasteiger partial charge in [-0.25, -0.2) is 4.98 Å². The van der Waals surface area contributed by atoms with Gasteiger partial charge in [0.25, 0.3) is 0 Å². The molecule has 0 aliphatic heterocycles. The molecule has 0 radical (unpaired) electrons. The lowest BCUT2D eigenvalue weighted by molar-refractivity contribution is 0.175. The molecule has 1 unspecified atom stereocenters. The van der Waals surface area contributed by atoms with E-state index in [9.17, 15) is 5.11 Å². The first-order chi connectivity index (χ1) is 6.27. The molecule has 1 N–H and O–H groups in total. The van der Waals surface area contributed by atoms with E-state index >= 15 is 0 Å². The summed E-state index contributed by atoms with van der Waals surface area (Å²) in [7, 11) is 0. The molecule has 3 nitrogen and oxygen atoms in total. The van der Waals surface area contributed by atoms with Gasteiger partial charge in [0.15, 0.2) is 0 Å². The summed E-state index contributed by atoms with van der Waals surface area (Å²) >= 11 is 0. The number of nitrogens with zero attached hydrogens (tertiary/aromatic N) is 2. The Bertz CT molecular complexity index is 406. The molecule has 0 bridgehead atoms. The van der Waals surface area contributed by atoms with Crippen molar-refractivity contribution >= 4 is 11.0 Å². The molecule has 2 aromatic heterocycles. The largest absolute Gasteiger partial charge is 0.392 e. The fourth-order valence-electron chi connectivity index (χ4n) is 1.45. The predicted molar refractivity (Wildman–Crippen MR) is 51.4 cm³/mol. The minimum Gasteiger partial charge on any atom is -0.392 e. The summed E-state index contributed by atoms with van der Waals surface area (Å²) in [4.78, 5) is 4.25. The van der Waals surface area contributed by atoms with Crippen molar-refractivity contribution in [1.82, 2.24) is 9.55 Å². The number of hydrogen-bond donors (Lipinski definition) is 1. The van der Waals surface area contributed by atoms with E-state index in [0.29, 0.717) is 6.54 Å². The third-order valence-corrected chi connectivity index (χ3v) is 1.98. The minimum atomic E-state index is -0.336. The van der Waals surface area contributed by atoms with Gasteiger partial charge in [-0.2, -0.15) is 0 Å². The molecular weight excluding hydrogens is 164 g/mol. The Morgan fingerprint density at radius 2 is 2.38 bits per heavy atom. The van der Waals surface area contributed by atoms with Gasteiger partial charge >= 0.3 is 0 Å². The number of rotatable bonds is 2. The van der Waals surface area contributed by atoms with Gasteiger partial charge in [-0.15, -0.1) is 0 Å². The summed E-state index contributed by atoms with van der Waals surface area (Å²) in [6.07, 6.45) is 3.38. The van der Waals surface area contributed by atoms with E-state index in [0.717, 1.165) is 11.0 Å². The van der Waals surface area contributed by atoms with Gasteiger partial charge in [0.2, 0.25) is 0 Å². The number of aliphatic hydroxyl groups excluding tert-OH is 1. The Hall–Kier alpha value is -1.35. The highest BCUT2D eigenvalue weighted by Crippen LogP contribution is 2.12. The fourth-order valence-corrected chi connectivity index (χ4v) is 1.45. The molecular formula is C10H12N2O. The molecule has 0 fully saturated rings. The van der Waals surface area contributed by atoms with Crippen molar-refractivity contribution in [2.24, 2.45) is 0 Å². The van der Waals surface area contributed by atoms with Crippen LogP contribution in [0, 0.1) is 0 Å². The van der Waals surface area contributed by atoms with Crippen molar-refractivity contribution in [2.75, 3.05) is 0 Å². The Balaban J connectivity index is 2.46. The van der Waals surface area contributed by atoms with E-state index in [1.807, 2.05) is 29.0 Å². The van der Waals surface area contributed by atoms with Gasteiger partial charge in [0.05, 0.1) is 6.10 Å². The van der Waals surface area contributed by atoms with Crippen molar-refractivity contribution in [3.8, 4) is 0 Å². The Labute approximate surface area is 76.6 Å². The van der Waals surface area contributed by atoms with Gasteiger partial charge in [-0.3, -0.25) is 0 Å². The average Bonchev–Trinajstić information content (AvgIpc) is 2.48. The summed E-state index contributed by atoms with van der Waals surface area (Å²) in [6.45, 7) is 2.37. The van der Waals surface area contributed by atoms with Crippen LogP contribution in [0.5, 0.6) is 0 Å². The average molecular weight is 176 g/mol. The number of hydrogen-bond acceptors (Lipinski definition) is 2. The number of aromatic nitrogens is 2. The summed E-state index contributed by atoms with van der Waals surface area (Å²) < 4.78 is 1.96. The van der Waals surface area contributed by atoms with E-state index in [4.69, 9.17) is 0 Å². The van der Waals surface area contributed by atoms with Crippen LogP contribution in [0.2, 0.25) is 0 Å². The summed E-state index contributed by atoms with van der Waals surface area (Å²) in [5, 5.41) is 10.3. The number of aliphatic hydroxyl groups is 1. The molecule has 0 saturated carbocycles. The van der Waals surface area contributed by atoms with Crippen LogP contribution in [0.25, 0.3) is 11.0 Å². The van der Waals surface area contributed by atoms with Crippen LogP contribution in [-0.2, 0) is 6.54 Å². The number of pyridine rings is 1.